The van der Waals surface area contributed by atoms with E-state index in [1.807, 2.05) is 20.8 Å². The number of hydrogen-bond acceptors (Lipinski definition) is 9. The summed E-state index contributed by atoms with van der Waals surface area (Å²) in [4.78, 5) is 20.2. The molecule has 0 aliphatic carbocycles. The van der Waals surface area contributed by atoms with E-state index in [2.05, 4.69) is 20.6 Å². The number of carbonyl (C=O) groups excluding carboxylic acids is 1. The number of nitrogens with one attached hydrogen (secondary N) is 2. The van der Waals surface area contributed by atoms with Crippen LogP contribution in [0.25, 0.3) is 0 Å². The number of hydrogen-bond donors (Lipinski definition) is 3. The number of aromatic nitrogens is 2. The first-order valence-electron chi connectivity index (χ1n) is 9.36. The van der Waals surface area contributed by atoms with Crippen molar-refractivity contribution in [1.29, 1.82) is 0 Å². The molecule has 0 aliphatic heterocycles. The Hall–Kier alpha value is -3.08. The van der Waals surface area contributed by atoms with Gasteiger partial charge in [-0.05, 0) is 31.9 Å². The van der Waals surface area contributed by atoms with Gasteiger partial charge in [-0.15, -0.1) is 0 Å². The Balaban J connectivity index is 2.36. The predicted octanol–water partition coefficient (Wildman–Crippen LogP) is 2.51. The molecule has 0 saturated heterocycles. The Labute approximate surface area is 176 Å². The van der Waals surface area contributed by atoms with Crippen LogP contribution in [0, 0.1) is 5.92 Å². The van der Waals surface area contributed by atoms with Crippen LogP contribution in [0.15, 0.2) is 24.4 Å². The second-order valence-corrected chi connectivity index (χ2v) is 8.78. The van der Waals surface area contributed by atoms with E-state index in [0.29, 0.717) is 17.4 Å². The molecule has 1 atom stereocenters. The van der Waals surface area contributed by atoms with E-state index < -0.39 is 16.0 Å². The molecule has 0 bridgehead atoms. The van der Waals surface area contributed by atoms with Crippen LogP contribution < -0.4 is 25.3 Å². The lowest BCUT2D eigenvalue weighted by molar-refractivity contribution is 0.100. The lowest BCUT2D eigenvalue weighted by Gasteiger charge is -2.20. The molecule has 4 N–H and O–H groups in total. The van der Waals surface area contributed by atoms with Crippen LogP contribution in [0.2, 0.25) is 0 Å². The van der Waals surface area contributed by atoms with Gasteiger partial charge in [0.15, 0.2) is 11.5 Å². The minimum Gasteiger partial charge on any atom is -0.493 e. The zero-order valence-corrected chi connectivity index (χ0v) is 18.4. The molecule has 1 heterocycles. The average Bonchev–Trinajstić information content (AvgIpc) is 2.67. The zero-order chi connectivity index (χ0) is 22.5. The van der Waals surface area contributed by atoms with Gasteiger partial charge in [0.2, 0.25) is 5.95 Å². The van der Waals surface area contributed by atoms with Gasteiger partial charge < -0.3 is 25.3 Å². The molecule has 0 saturated carbocycles. The Bertz CT molecular complexity index is 1010. The highest BCUT2D eigenvalue weighted by molar-refractivity contribution is 7.87. The van der Waals surface area contributed by atoms with Gasteiger partial charge in [0.1, 0.15) is 5.82 Å². The Morgan fingerprint density at radius 1 is 1.23 bits per heavy atom. The smallest absolute Gasteiger partial charge is 0.309 e. The van der Waals surface area contributed by atoms with Gasteiger partial charge in [0.25, 0.3) is 5.91 Å². The average molecular weight is 438 g/mol. The van der Waals surface area contributed by atoms with E-state index in [9.17, 15) is 13.2 Å². The van der Waals surface area contributed by atoms with Crippen molar-refractivity contribution in [3.05, 3.63) is 30.0 Å². The van der Waals surface area contributed by atoms with Gasteiger partial charge in [-0.25, -0.2) is 4.98 Å². The van der Waals surface area contributed by atoms with Crippen LogP contribution in [0.1, 0.15) is 38.1 Å². The Morgan fingerprint density at radius 2 is 1.93 bits per heavy atom. The fourth-order valence-corrected chi connectivity index (χ4v) is 2.78. The van der Waals surface area contributed by atoms with Gasteiger partial charge in [-0.2, -0.15) is 13.4 Å². The SMILES string of the molecule is CCS(=O)(=O)Oc1cc(Nc2ncc(C(N)=O)c(NC(C)C(C)C)n2)ccc1OC. The number of methoxy groups -OCH3 is 1. The summed E-state index contributed by atoms with van der Waals surface area (Å²) in [6.07, 6.45) is 1.33. The molecule has 30 heavy (non-hydrogen) atoms. The molecule has 2 rings (SSSR count). The van der Waals surface area contributed by atoms with E-state index in [1.165, 1.54) is 26.3 Å². The molecule has 164 valence electrons. The first kappa shape index (κ1) is 23.2. The molecule has 0 spiro atoms. The summed E-state index contributed by atoms with van der Waals surface area (Å²) < 4.78 is 33.9. The number of ether oxygens (including phenoxy) is 1. The summed E-state index contributed by atoms with van der Waals surface area (Å²) >= 11 is 0. The number of nitrogens with two attached hydrogens (primary N) is 1. The topological polar surface area (TPSA) is 146 Å². The first-order valence-corrected chi connectivity index (χ1v) is 10.9. The van der Waals surface area contributed by atoms with E-state index in [-0.39, 0.29) is 34.8 Å². The second-order valence-electron chi connectivity index (χ2n) is 6.92. The molecular formula is C19H27N5O5S. The Morgan fingerprint density at radius 3 is 2.50 bits per heavy atom. The van der Waals surface area contributed by atoms with Crippen molar-refractivity contribution in [2.24, 2.45) is 11.7 Å². The molecule has 1 unspecified atom stereocenters. The van der Waals surface area contributed by atoms with Gasteiger partial charge >= 0.3 is 10.1 Å². The molecule has 2 aromatic rings. The van der Waals surface area contributed by atoms with Gasteiger partial charge in [-0.1, -0.05) is 13.8 Å². The summed E-state index contributed by atoms with van der Waals surface area (Å²) in [5, 5.41) is 6.13. The van der Waals surface area contributed by atoms with E-state index in [1.54, 1.807) is 12.1 Å². The number of primary amides is 1. The zero-order valence-electron chi connectivity index (χ0n) is 17.6. The quantitative estimate of drug-likeness (QED) is 0.477. The van der Waals surface area contributed by atoms with Crippen LogP contribution >= 0.6 is 0 Å². The van der Waals surface area contributed by atoms with Gasteiger partial charge in [0.05, 0.1) is 18.4 Å². The molecule has 1 aromatic heterocycles. The molecule has 11 heteroatoms. The largest absolute Gasteiger partial charge is 0.493 e. The minimum absolute atomic E-state index is 0.0323. The lowest BCUT2D eigenvalue weighted by atomic mass is 10.1. The third-order valence-electron chi connectivity index (χ3n) is 4.41. The standard InChI is InChI=1S/C19H27N5O5S/c1-6-30(26,27)29-16-9-13(7-8-15(16)28-5)23-19-21-10-14(17(20)25)18(24-19)22-12(4)11(2)3/h7-12H,6H2,1-5H3,(H2,20,25)(H2,21,22,23,24). The number of amides is 1. The van der Waals surface area contributed by atoms with Crippen LogP contribution in [0.4, 0.5) is 17.5 Å². The van der Waals surface area contributed by atoms with E-state index >= 15 is 0 Å². The van der Waals surface area contributed by atoms with Crippen molar-refractivity contribution in [3.8, 4) is 11.5 Å². The van der Waals surface area contributed by atoms with Crippen molar-refractivity contribution in [2.45, 2.75) is 33.7 Å². The van der Waals surface area contributed by atoms with Crippen molar-refractivity contribution in [1.82, 2.24) is 9.97 Å². The van der Waals surface area contributed by atoms with Crippen LogP contribution in [0.3, 0.4) is 0 Å². The fourth-order valence-electron chi connectivity index (χ4n) is 2.26. The summed E-state index contributed by atoms with van der Waals surface area (Å²) in [6, 6.07) is 4.70. The highest BCUT2D eigenvalue weighted by Crippen LogP contribution is 2.32. The van der Waals surface area contributed by atoms with Crippen molar-refractivity contribution in [2.75, 3.05) is 23.5 Å². The van der Waals surface area contributed by atoms with E-state index in [0.717, 1.165) is 0 Å². The summed E-state index contributed by atoms with van der Waals surface area (Å²) in [5.74, 6) is 0.242. The van der Waals surface area contributed by atoms with Crippen molar-refractivity contribution >= 4 is 33.5 Å². The molecule has 1 amide bonds. The number of anilines is 3. The molecule has 10 nitrogen and oxygen atoms in total. The Kier molecular flexibility index (Phi) is 7.43. The number of benzene rings is 1. The fraction of sp³-hybridized carbons (Fsp3) is 0.421. The van der Waals surface area contributed by atoms with Gasteiger partial charge in [-0.3, -0.25) is 4.79 Å². The predicted molar refractivity (Wildman–Crippen MR) is 115 cm³/mol. The van der Waals surface area contributed by atoms with Crippen LogP contribution in [-0.4, -0.2) is 43.2 Å². The first-order chi connectivity index (χ1) is 14.1. The lowest BCUT2D eigenvalue weighted by Crippen LogP contribution is -2.25. The molecule has 0 fully saturated rings. The van der Waals surface area contributed by atoms with Crippen molar-refractivity contribution < 1.29 is 22.1 Å². The van der Waals surface area contributed by atoms with Crippen LogP contribution in [-0.2, 0) is 10.1 Å². The normalized spacial score (nSPS) is 12.3. The highest BCUT2D eigenvalue weighted by Gasteiger charge is 2.17. The molecule has 0 aliphatic rings. The third-order valence-corrected chi connectivity index (χ3v) is 5.55. The summed E-state index contributed by atoms with van der Waals surface area (Å²) in [7, 11) is -2.33. The maximum atomic E-state index is 11.8. The third kappa shape index (κ3) is 5.96. The molecule has 1 aromatic carbocycles. The number of rotatable bonds is 10. The minimum atomic E-state index is -3.74. The monoisotopic (exact) mass is 437 g/mol. The molecule has 0 radical (unpaired) electrons. The van der Waals surface area contributed by atoms with Gasteiger partial charge in [0, 0.05) is 24.0 Å². The maximum Gasteiger partial charge on any atom is 0.309 e. The molecular weight excluding hydrogens is 410 g/mol. The second kappa shape index (κ2) is 9.61. The number of carbonyl (C=O) groups is 1. The maximum absolute atomic E-state index is 11.8. The van der Waals surface area contributed by atoms with Crippen molar-refractivity contribution in [3.63, 3.8) is 0 Å². The number of nitrogens with zero attached hydrogens (tertiary/aromatic N) is 2. The van der Waals surface area contributed by atoms with Crippen LogP contribution in [0.5, 0.6) is 11.5 Å². The van der Waals surface area contributed by atoms with E-state index in [4.69, 9.17) is 14.7 Å². The summed E-state index contributed by atoms with van der Waals surface area (Å²) in [6.45, 7) is 7.51. The highest BCUT2D eigenvalue weighted by atomic mass is 32.2. The summed E-state index contributed by atoms with van der Waals surface area (Å²) in [5.41, 5.74) is 6.06.